The number of amides is 1. The van der Waals surface area contributed by atoms with Gasteiger partial charge in [-0.25, -0.2) is 14.2 Å². The van der Waals surface area contributed by atoms with Crippen molar-refractivity contribution in [2.45, 2.75) is 25.4 Å². The van der Waals surface area contributed by atoms with Crippen LogP contribution in [0.25, 0.3) is 0 Å². The number of carbonyl (C=O) groups is 1. The molecule has 1 aliphatic rings. The second kappa shape index (κ2) is 4.85. The molecule has 1 atom stereocenters. The molecule has 98 valence electrons. The van der Waals surface area contributed by atoms with Gasteiger partial charge in [0.1, 0.15) is 11.3 Å². The van der Waals surface area contributed by atoms with Crippen LogP contribution in [0.3, 0.4) is 0 Å². The Kier molecular flexibility index (Phi) is 3.42. The summed E-state index contributed by atoms with van der Waals surface area (Å²) in [5.41, 5.74) is -1.28. The average Bonchev–Trinajstić information content (AvgIpc) is 2.28. The molecule has 1 aromatic rings. The first-order chi connectivity index (χ1) is 8.50. The van der Waals surface area contributed by atoms with Crippen molar-refractivity contribution in [1.82, 2.24) is 14.5 Å². The highest BCUT2D eigenvalue weighted by Crippen LogP contribution is 2.23. The highest BCUT2D eigenvalue weighted by Gasteiger charge is 2.29. The van der Waals surface area contributed by atoms with Gasteiger partial charge in [0, 0.05) is 12.6 Å². The summed E-state index contributed by atoms with van der Waals surface area (Å²) < 4.78 is 0.902. The van der Waals surface area contributed by atoms with Crippen molar-refractivity contribution < 1.29 is 9.90 Å². The highest BCUT2D eigenvalue weighted by molar-refractivity contribution is 6.29. The number of H-pyrrole nitrogens is 1. The molecule has 0 aliphatic carbocycles. The van der Waals surface area contributed by atoms with Crippen molar-refractivity contribution in [2.24, 2.45) is 0 Å². The van der Waals surface area contributed by atoms with E-state index in [-0.39, 0.29) is 5.15 Å². The molecule has 2 N–H and O–H groups in total. The Labute approximate surface area is 107 Å². The van der Waals surface area contributed by atoms with Crippen molar-refractivity contribution in [3.05, 3.63) is 32.1 Å². The van der Waals surface area contributed by atoms with Crippen LogP contribution < -0.4 is 11.2 Å². The summed E-state index contributed by atoms with van der Waals surface area (Å²) >= 11 is 5.56. The van der Waals surface area contributed by atoms with E-state index < -0.39 is 23.5 Å². The molecule has 7 nitrogen and oxygen atoms in total. The predicted octanol–water partition coefficient (Wildman–Crippen LogP) is 0.852. The molecule has 1 amide bonds. The van der Waals surface area contributed by atoms with E-state index in [1.54, 1.807) is 0 Å². The smallest absolute Gasteiger partial charge is 0.408 e. The number of likely N-dealkylation sites (tertiary alicyclic amines) is 1. The maximum absolute atomic E-state index is 11.8. The molecule has 1 aliphatic heterocycles. The average molecular weight is 274 g/mol. The van der Waals surface area contributed by atoms with Crippen LogP contribution in [0.4, 0.5) is 4.79 Å². The van der Waals surface area contributed by atoms with Gasteiger partial charge in [-0.15, -0.1) is 0 Å². The van der Waals surface area contributed by atoms with Crippen LogP contribution in [-0.4, -0.2) is 32.2 Å². The zero-order valence-electron chi connectivity index (χ0n) is 9.43. The van der Waals surface area contributed by atoms with Gasteiger partial charge in [-0.2, -0.15) is 0 Å². The Hall–Kier alpha value is -1.76. The van der Waals surface area contributed by atoms with E-state index in [2.05, 4.69) is 4.98 Å². The standard InChI is InChI=1S/C10H12ClN3O4/c11-6-5-8(15)14(9(16)12-6)7-3-1-2-4-13(7)10(17)18/h5,7H,1-4H2,(H,12,16)(H,17,18). The summed E-state index contributed by atoms with van der Waals surface area (Å²) in [5.74, 6) is 0. The predicted molar refractivity (Wildman–Crippen MR) is 64.0 cm³/mol. The number of halogens is 1. The molecule has 0 aromatic carbocycles. The molecule has 2 heterocycles. The molecule has 0 radical (unpaired) electrons. The van der Waals surface area contributed by atoms with E-state index in [1.165, 1.54) is 0 Å². The minimum Gasteiger partial charge on any atom is -0.465 e. The second-order valence-corrected chi connectivity index (χ2v) is 4.49. The first-order valence-corrected chi connectivity index (χ1v) is 5.89. The number of piperidine rings is 1. The normalized spacial score (nSPS) is 19.8. The summed E-state index contributed by atoms with van der Waals surface area (Å²) in [6.07, 6.45) is 0.0360. The summed E-state index contributed by atoms with van der Waals surface area (Å²) in [5, 5.41) is 9.02. The minimum absolute atomic E-state index is 0.0565. The Morgan fingerprint density at radius 1 is 1.44 bits per heavy atom. The molecule has 1 fully saturated rings. The van der Waals surface area contributed by atoms with Crippen molar-refractivity contribution in [3.8, 4) is 0 Å². The summed E-state index contributed by atoms with van der Waals surface area (Å²) in [6, 6.07) is 1.07. The van der Waals surface area contributed by atoms with Crippen LogP contribution in [0.2, 0.25) is 5.15 Å². The molecular formula is C10H12ClN3O4. The minimum atomic E-state index is -1.14. The molecule has 0 bridgehead atoms. The van der Waals surface area contributed by atoms with Gasteiger partial charge in [0.25, 0.3) is 5.56 Å². The molecule has 1 aromatic heterocycles. The Bertz CT molecular complexity index is 548. The maximum Gasteiger partial charge on any atom is 0.408 e. The third kappa shape index (κ3) is 2.26. The molecule has 0 spiro atoms. The highest BCUT2D eigenvalue weighted by atomic mass is 35.5. The fourth-order valence-corrected chi connectivity index (χ4v) is 2.34. The third-order valence-corrected chi connectivity index (χ3v) is 3.15. The number of rotatable bonds is 1. The van der Waals surface area contributed by atoms with Crippen molar-refractivity contribution in [3.63, 3.8) is 0 Å². The first kappa shape index (κ1) is 12.7. The zero-order valence-corrected chi connectivity index (χ0v) is 10.2. The quantitative estimate of drug-likeness (QED) is 0.742. The van der Waals surface area contributed by atoms with Crippen LogP contribution >= 0.6 is 11.6 Å². The van der Waals surface area contributed by atoms with Gasteiger partial charge in [0.2, 0.25) is 0 Å². The fourth-order valence-electron chi connectivity index (χ4n) is 2.16. The number of aromatic amines is 1. The number of carboxylic acid groups (broad SMARTS) is 1. The number of nitrogens with zero attached hydrogens (tertiary/aromatic N) is 2. The van der Waals surface area contributed by atoms with Crippen LogP contribution in [0.5, 0.6) is 0 Å². The third-order valence-electron chi connectivity index (χ3n) is 2.95. The monoisotopic (exact) mass is 273 g/mol. The lowest BCUT2D eigenvalue weighted by Gasteiger charge is -2.33. The Morgan fingerprint density at radius 3 is 2.78 bits per heavy atom. The van der Waals surface area contributed by atoms with Crippen LogP contribution in [0, 0.1) is 0 Å². The zero-order chi connectivity index (χ0) is 13.3. The van der Waals surface area contributed by atoms with Gasteiger partial charge in [-0.1, -0.05) is 11.6 Å². The van der Waals surface area contributed by atoms with Crippen LogP contribution in [-0.2, 0) is 0 Å². The molecule has 1 saturated heterocycles. The van der Waals surface area contributed by atoms with Gasteiger partial charge < -0.3 is 5.11 Å². The van der Waals surface area contributed by atoms with Gasteiger partial charge in [0.15, 0.2) is 0 Å². The molecule has 1 unspecified atom stereocenters. The maximum atomic E-state index is 11.8. The van der Waals surface area contributed by atoms with Gasteiger partial charge in [-0.05, 0) is 19.3 Å². The van der Waals surface area contributed by atoms with E-state index in [4.69, 9.17) is 16.7 Å². The lowest BCUT2D eigenvalue weighted by Crippen LogP contribution is -2.48. The molecule has 2 rings (SSSR count). The second-order valence-electron chi connectivity index (χ2n) is 4.08. The van der Waals surface area contributed by atoms with Gasteiger partial charge >= 0.3 is 11.8 Å². The van der Waals surface area contributed by atoms with Crippen molar-refractivity contribution in [2.75, 3.05) is 6.54 Å². The first-order valence-electron chi connectivity index (χ1n) is 5.51. The summed E-state index contributed by atoms with van der Waals surface area (Å²) in [6.45, 7) is 0.314. The Morgan fingerprint density at radius 2 is 2.17 bits per heavy atom. The topological polar surface area (TPSA) is 95.4 Å². The SMILES string of the molecule is O=C(O)N1CCCCC1n1c(=O)cc(Cl)[nH]c1=O. The van der Waals surface area contributed by atoms with Crippen LogP contribution in [0.15, 0.2) is 15.7 Å². The van der Waals surface area contributed by atoms with E-state index in [0.717, 1.165) is 28.4 Å². The van der Waals surface area contributed by atoms with Crippen molar-refractivity contribution >= 4 is 17.7 Å². The number of nitrogens with one attached hydrogen (secondary N) is 1. The van der Waals surface area contributed by atoms with Gasteiger partial charge in [0.05, 0.1) is 0 Å². The number of hydrogen-bond acceptors (Lipinski definition) is 3. The number of hydrogen-bond donors (Lipinski definition) is 2. The molecule has 8 heteroatoms. The summed E-state index contributed by atoms with van der Waals surface area (Å²) in [4.78, 5) is 38.0. The molecular weight excluding hydrogens is 262 g/mol. The summed E-state index contributed by atoms with van der Waals surface area (Å²) in [7, 11) is 0. The molecule has 18 heavy (non-hydrogen) atoms. The van der Waals surface area contributed by atoms with Crippen LogP contribution in [0.1, 0.15) is 25.4 Å². The fraction of sp³-hybridized carbons (Fsp3) is 0.500. The largest absolute Gasteiger partial charge is 0.465 e. The van der Waals surface area contributed by atoms with E-state index in [0.29, 0.717) is 13.0 Å². The van der Waals surface area contributed by atoms with Crippen molar-refractivity contribution in [1.29, 1.82) is 0 Å². The number of aromatic nitrogens is 2. The van der Waals surface area contributed by atoms with E-state index in [9.17, 15) is 14.4 Å². The lowest BCUT2D eigenvalue weighted by molar-refractivity contribution is 0.0755. The molecule has 0 saturated carbocycles. The van der Waals surface area contributed by atoms with E-state index >= 15 is 0 Å². The van der Waals surface area contributed by atoms with Gasteiger partial charge in [-0.3, -0.25) is 14.7 Å². The van der Waals surface area contributed by atoms with E-state index in [1.807, 2.05) is 0 Å². The lowest BCUT2D eigenvalue weighted by atomic mass is 10.1. The Balaban J connectivity index is 2.50.